The van der Waals surface area contributed by atoms with Gasteiger partial charge in [-0.1, -0.05) is 13.0 Å². The fourth-order valence-electron chi connectivity index (χ4n) is 3.05. The zero-order valence-corrected chi connectivity index (χ0v) is 14.3. The van der Waals surface area contributed by atoms with Gasteiger partial charge in [0, 0.05) is 56.3 Å². The minimum Gasteiger partial charge on any atom is -0.491 e. The number of Topliss-reactive ketones (excluding diaryl/α,β-unsaturated/α-hetero) is 1. The molecule has 128 valence electrons. The number of piperazine rings is 1. The number of carbonyl (C=O) groups excluding carboxylic acids is 1. The van der Waals surface area contributed by atoms with Crippen molar-refractivity contribution < 1.29 is 9.53 Å². The van der Waals surface area contributed by atoms with E-state index in [0.717, 1.165) is 61.4 Å². The van der Waals surface area contributed by atoms with Crippen LogP contribution in [0.4, 0.5) is 0 Å². The quantitative estimate of drug-likeness (QED) is 0.792. The van der Waals surface area contributed by atoms with E-state index in [-0.39, 0.29) is 5.78 Å². The highest BCUT2D eigenvalue weighted by Crippen LogP contribution is 2.27. The molecule has 5 heteroatoms. The minimum absolute atomic E-state index is 0.175. The smallest absolute Gasteiger partial charge is 0.164 e. The number of hydrogen-bond acceptors (Lipinski definition) is 5. The predicted molar refractivity (Wildman–Crippen MR) is 95.8 cm³/mol. The maximum Gasteiger partial charge on any atom is 0.164 e. The molecule has 0 radical (unpaired) electrons. The van der Waals surface area contributed by atoms with Gasteiger partial charge in [0.1, 0.15) is 11.3 Å². The molecule has 2 heterocycles. The number of benzene rings is 1. The van der Waals surface area contributed by atoms with Crippen LogP contribution in [0.15, 0.2) is 30.5 Å². The summed E-state index contributed by atoms with van der Waals surface area (Å²) in [5.74, 6) is 0.930. The predicted octanol–water partition coefficient (Wildman–Crippen LogP) is 2.50. The van der Waals surface area contributed by atoms with E-state index >= 15 is 0 Å². The van der Waals surface area contributed by atoms with Crippen LogP contribution in [0.2, 0.25) is 0 Å². The minimum atomic E-state index is 0.175. The van der Waals surface area contributed by atoms with Crippen molar-refractivity contribution in [2.24, 2.45) is 0 Å². The van der Waals surface area contributed by atoms with E-state index in [4.69, 9.17) is 4.74 Å². The molecule has 1 aliphatic heterocycles. The molecule has 0 bridgehead atoms. The molecule has 1 saturated heterocycles. The number of ether oxygens (including phenoxy) is 1. The van der Waals surface area contributed by atoms with Gasteiger partial charge in [-0.2, -0.15) is 0 Å². The van der Waals surface area contributed by atoms with Gasteiger partial charge in [-0.15, -0.1) is 0 Å². The van der Waals surface area contributed by atoms with Crippen LogP contribution in [0.5, 0.6) is 5.75 Å². The van der Waals surface area contributed by atoms with Gasteiger partial charge in [0.15, 0.2) is 5.78 Å². The third-order valence-electron chi connectivity index (χ3n) is 4.36. The summed E-state index contributed by atoms with van der Waals surface area (Å²) in [4.78, 5) is 19.5. The Hall–Kier alpha value is -1.98. The molecule has 5 nitrogen and oxygen atoms in total. The first-order valence-electron chi connectivity index (χ1n) is 8.76. The monoisotopic (exact) mass is 327 g/mol. The average Bonchev–Trinajstić information content (AvgIpc) is 2.65. The topological polar surface area (TPSA) is 54.5 Å². The van der Waals surface area contributed by atoms with Gasteiger partial charge in [0.2, 0.25) is 0 Å². The summed E-state index contributed by atoms with van der Waals surface area (Å²) in [5.41, 5.74) is 1.52. The number of pyridine rings is 1. The second kappa shape index (κ2) is 8.22. The van der Waals surface area contributed by atoms with Gasteiger partial charge in [-0.3, -0.25) is 9.78 Å². The Morgan fingerprint density at radius 2 is 2.12 bits per heavy atom. The molecule has 0 unspecified atom stereocenters. The van der Waals surface area contributed by atoms with E-state index in [2.05, 4.69) is 22.1 Å². The summed E-state index contributed by atoms with van der Waals surface area (Å²) in [7, 11) is 0. The van der Waals surface area contributed by atoms with E-state index in [0.29, 0.717) is 13.0 Å². The lowest BCUT2D eigenvalue weighted by atomic mass is 10.0. The van der Waals surface area contributed by atoms with Gasteiger partial charge in [-0.25, -0.2) is 0 Å². The molecule has 2 aromatic rings. The number of fused-ring (bicyclic) bond motifs is 1. The van der Waals surface area contributed by atoms with Gasteiger partial charge >= 0.3 is 0 Å². The van der Waals surface area contributed by atoms with Crippen LogP contribution < -0.4 is 10.1 Å². The van der Waals surface area contributed by atoms with Crippen molar-refractivity contribution in [1.29, 1.82) is 0 Å². The number of carbonyl (C=O) groups is 1. The Labute approximate surface area is 143 Å². The molecular weight excluding hydrogens is 302 g/mol. The highest BCUT2D eigenvalue weighted by molar-refractivity contribution is 6.08. The molecule has 0 amide bonds. The van der Waals surface area contributed by atoms with Gasteiger partial charge in [0.05, 0.1) is 6.61 Å². The molecule has 1 aromatic carbocycles. The van der Waals surface area contributed by atoms with Crippen molar-refractivity contribution >= 4 is 16.7 Å². The largest absolute Gasteiger partial charge is 0.491 e. The van der Waals surface area contributed by atoms with Crippen LogP contribution in [-0.4, -0.2) is 55.0 Å². The Morgan fingerprint density at radius 3 is 2.92 bits per heavy atom. The number of nitrogens with zero attached hydrogens (tertiary/aromatic N) is 2. The maximum atomic E-state index is 12.7. The fourth-order valence-corrected chi connectivity index (χ4v) is 3.05. The number of aromatic nitrogens is 1. The van der Waals surface area contributed by atoms with E-state index < -0.39 is 0 Å². The highest BCUT2D eigenvalue weighted by Gasteiger charge is 2.16. The van der Waals surface area contributed by atoms with Crippen molar-refractivity contribution in [2.45, 2.75) is 19.8 Å². The molecule has 0 aliphatic carbocycles. The van der Waals surface area contributed by atoms with E-state index in [1.807, 2.05) is 24.3 Å². The zero-order chi connectivity index (χ0) is 16.8. The third-order valence-corrected chi connectivity index (χ3v) is 4.36. The van der Waals surface area contributed by atoms with Gasteiger partial charge in [0.25, 0.3) is 0 Å². The summed E-state index contributed by atoms with van der Waals surface area (Å²) in [6.45, 7) is 7.58. The summed E-state index contributed by atoms with van der Waals surface area (Å²) < 4.78 is 5.77. The Bertz CT molecular complexity index is 696. The zero-order valence-electron chi connectivity index (χ0n) is 14.3. The summed E-state index contributed by atoms with van der Waals surface area (Å²) in [5, 5.41) is 4.22. The van der Waals surface area contributed by atoms with Crippen LogP contribution in [0.1, 0.15) is 30.1 Å². The van der Waals surface area contributed by atoms with Crippen LogP contribution in [0.3, 0.4) is 0 Å². The number of hydrogen-bond donors (Lipinski definition) is 1. The lowest BCUT2D eigenvalue weighted by Crippen LogP contribution is -2.44. The molecule has 24 heavy (non-hydrogen) atoms. The van der Waals surface area contributed by atoms with Crippen molar-refractivity contribution in [3.8, 4) is 5.75 Å². The van der Waals surface area contributed by atoms with Crippen molar-refractivity contribution in [1.82, 2.24) is 15.2 Å². The number of ketones is 1. The van der Waals surface area contributed by atoms with E-state index in [1.54, 1.807) is 6.20 Å². The molecule has 0 atom stereocenters. The molecule has 1 N–H and O–H groups in total. The van der Waals surface area contributed by atoms with Crippen LogP contribution in [0, 0.1) is 0 Å². The van der Waals surface area contributed by atoms with E-state index in [1.165, 1.54) is 0 Å². The third kappa shape index (κ3) is 3.91. The van der Waals surface area contributed by atoms with Crippen LogP contribution in [0.25, 0.3) is 10.9 Å². The van der Waals surface area contributed by atoms with Crippen molar-refractivity contribution in [3.63, 3.8) is 0 Å². The molecule has 1 aromatic heterocycles. The lowest BCUT2D eigenvalue weighted by molar-refractivity contribution is 0.0962. The first-order valence-corrected chi connectivity index (χ1v) is 8.76. The average molecular weight is 327 g/mol. The molecule has 0 saturated carbocycles. The number of nitrogens with one attached hydrogen (secondary N) is 1. The Kier molecular flexibility index (Phi) is 5.77. The lowest BCUT2D eigenvalue weighted by Gasteiger charge is -2.26. The Morgan fingerprint density at radius 1 is 1.29 bits per heavy atom. The van der Waals surface area contributed by atoms with Crippen LogP contribution >= 0.6 is 0 Å². The first kappa shape index (κ1) is 16.9. The SMILES string of the molecule is CCCOc1ccc(C(=O)CCN2CCNCC2)c2cccnc12. The normalized spacial score (nSPS) is 15.5. The standard InChI is InChI=1S/C19H25N3O2/c1-2-14-24-18-6-5-15(16-4-3-8-21-19(16)18)17(23)7-11-22-12-9-20-10-13-22/h3-6,8,20H,2,7,9-14H2,1H3. The fraction of sp³-hybridized carbons (Fsp3) is 0.474. The molecule has 1 fully saturated rings. The second-order valence-electron chi connectivity index (χ2n) is 6.12. The van der Waals surface area contributed by atoms with E-state index in [9.17, 15) is 4.79 Å². The molecule has 1 aliphatic rings. The van der Waals surface area contributed by atoms with Gasteiger partial charge < -0.3 is 15.0 Å². The van der Waals surface area contributed by atoms with Crippen molar-refractivity contribution in [3.05, 3.63) is 36.0 Å². The molecular formula is C19H25N3O2. The molecule has 0 spiro atoms. The summed E-state index contributed by atoms with van der Waals surface area (Å²) >= 11 is 0. The van der Waals surface area contributed by atoms with Crippen molar-refractivity contribution in [2.75, 3.05) is 39.3 Å². The summed E-state index contributed by atoms with van der Waals surface area (Å²) in [6, 6.07) is 7.59. The Balaban J connectivity index is 1.77. The number of rotatable bonds is 7. The second-order valence-corrected chi connectivity index (χ2v) is 6.12. The molecule has 3 rings (SSSR count). The van der Waals surface area contributed by atoms with Gasteiger partial charge in [-0.05, 0) is 24.6 Å². The summed E-state index contributed by atoms with van der Waals surface area (Å²) in [6.07, 6.45) is 3.23. The first-order chi connectivity index (χ1) is 11.8. The van der Waals surface area contributed by atoms with Crippen LogP contribution in [-0.2, 0) is 0 Å². The highest BCUT2D eigenvalue weighted by atomic mass is 16.5. The maximum absolute atomic E-state index is 12.7.